The molecule has 0 saturated heterocycles. The normalized spacial score (nSPS) is 11.9. The molecular formula is C12H16ClN3O3. The van der Waals surface area contributed by atoms with E-state index in [9.17, 15) is 9.59 Å². The molecule has 5 N–H and O–H groups in total. The Morgan fingerprint density at radius 2 is 1.89 bits per heavy atom. The molecule has 0 heterocycles. The average Bonchev–Trinajstić information content (AvgIpc) is 2.35. The fraction of sp³-hybridized carbons (Fsp3) is 0.333. The van der Waals surface area contributed by atoms with Crippen LogP contribution >= 0.6 is 11.6 Å². The maximum absolute atomic E-state index is 11.2. The maximum atomic E-state index is 11.2. The van der Waals surface area contributed by atoms with Crippen molar-refractivity contribution in [3.8, 4) is 0 Å². The summed E-state index contributed by atoms with van der Waals surface area (Å²) in [6.07, 6.45) is 0.182. The molecule has 1 aromatic carbocycles. The number of nitrogens with zero attached hydrogens (tertiary/aromatic N) is 1. The van der Waals surface area contributed by atoms with E-state index in [1.807, 2.05) is 12.1 Å². The van der Waals surface area contributed by atoms with Crippen LogP contribution in [0, 0.1) is 0 Å². The molecule has 0 aliphatic rings. The van der Waals surface area contributed by atoms with Crippen LogP contribution in [-0.2, 0) is 11.2 Å². The molecule has 6 nitrogen and oxygen atoms in total. The largest absolute Gasteiger partial charge is 0.464 e. The quantitative estimate of drug-likeness (QED) is 0.416. The average molecular weight is 286 g/mol. The van der Waals surface area contributed by atoms with Gasteiger partial charge in [0.25, 0.3) is 0 Å². The molecule has 7 heteroatoms. The van der Waals surface area contributed by atoms with Crippen molar-refractivity contribution in [3.63, 3.8) is 0 Å². The van der Waals surface area contributed by atoms with E-state index in [1.54, 1.807) is 12.1 Å². The standard InChI is InChI=1S/C12H16ClN3O3/c13-9-6-4-8(5-7-9)2-1-3-10(11(14)17)16(15)12(18)19/h4-7,10H,1-3,15H2,(H2,14,17)(H,18,19). The highest BCUT2D eigenvalue weighted by Gasteiger charge is 2.24. The first-order valence-corrected chi connectivity index (χ1v) is 6.10. The minimum absolute atomic E-state index is 0.279. The zero-order valence-electron chi connectivity index (χ0n) is 10.3. The lowest BCUT2D eigenvalue weighted by Crippen LogP contribution is -2.51. The van der Waals surface area contributed by atoms with E-state index < -0.39 is 18.0 Å². The minimum atomic E-state index is -1.38. The maximum Gasteiger partial charge on any atom is 0.422 e. The molecule has 0 aliphatic heterocycles. The van der Waals surface area contributed by atoms with Gasteiger partial charge in [-0.3, -0.25) is 4.79 Å². The van der Waals surface area contributed by atoms with E-state index in [4.69, 9.17) is 28.3 Å². The fourth-order valence-electron chi connectivity index (χ4n) is 1.70. The van der Waals surface area contributed by atoms with Crippen LogP contribution in [0.1, 0.15) is 18.4 Å². The van der Waals surface area contributed by atoms with Gasteiger partial charge in [0, 0.05) is 5.02 Å². The molecule has 0 spiro atoms. The van der Waals surface area contributed by atoms with Crippen LogP contribution in [0.4, 0.5) is 4.79 Å². The Labute approximate surface area is 115 Å². The number of hydrazine groups is 1. The van der Waals surface area contributed by atoms with Crippen molar-refractivity contribution in [2.45, 2.75) is 25.3 Å². The Kier molecular flexibility index (Phi) is 5.59. The highest BCUT2D eigenvalue weighted by atomic mass is 35.5. The monoisotopic (exact) mass is 285 g/mol. The van der Waals surface area contributed by atoms with Crippen LogP contribution in [-0.4, -0.2) is 28.2 Å². The lowest BCUT2D eigenvalue weighted by molar-refractivity contribution is -0.123. The van der Waals surface area contributed by atoms with Crippen LogP contribution in [0.5, 0.6) is 0 Å². The molecule has 104 valence electrons. The Hall–Kier alpha value is -1.79. The number of hydrogen-bond donors (Lipinski definition) is 3. The van der Waals surface area contributed by atoms with Crippen LogP contribution < -0.4 is 11.6 Å². The van der Waals surface area contributed by atoms with Crippen LogP contribution in [0.25, 0.3) is 0 Å². The van der Waals surface area contributed by atoms with Crippen molar-refractivity contribution >= 4 is 23.6 Å². The predicted molar refractivity (Wildman–Crippen MR) is 71.4 cm³/mol. The van der Waals surface area contributed by atoms with Gasteiger partial charge in [-0.05, 0) is 37.0 Å². The van der Waals surface area contributed by atoms with Crippen LogP contribution in [0.2, 0.25) is 5.02 Å². The number of halogens is 1. The van der Waals surface area contributed by atoms with Crippen molar-refractivity contribution < 1.29 is 14.7 Å². The Bertz CT molecular complexity index is 450. The molecule has 1 rings (SSSR count). The fourth-order valence-corrected chi connectivity index (χ4v) is 1.83. The number of hydrogen-bond acceptors (Lipinski definition) is 3. The Morgan fingerprint density at radius 1 is 1.32 bits per heavy atom. The van der Waals surface area contributed by atoms with E-state index >= 15 is 0 Å². The molecule has 0 aliphatic carbocycles. The zero-order valence-corrected chi connectivity index (χ0v) is 11.0. The molecular weight excluding hydrogens is 270 g/mol. The number of rotatable bonds is 6. The summed E-state index contributed by atoms with van der Waals surface area (Å²) in [7, 11) is 0. The third-order valence-corrected chi connectivity index (χ3v) is 2.99. The van der Waals surface area contributed by atoms with Gasteiger partial charge < -0.3 is 10.8 Å². The molecule has 1 unspecified atom stereocenters. The van der Waals surface area contributed by atoms with Gasteiger partial charge in [-0.15, -0.1) is 0 Å². The summed E-state index contributed by atoms with van der Waals surface area (Å²) in [5.41, 5.74) is 6.18. The number of carboxylic acid groups (broad SMARTS) is 1. The van der Waals surface area contributed by atoms with Gasteiger partial charge in [0.1, 0.15) is 6.04 Å². The first-order chi connectivity index (χ1) is 8.91. The topological polar surface area (TPSA) is 110 Å². The van der Waals surface area contributed by atoms with Gasteiger partial charge >= 0.3 is 6.09 Å². The molecule has 1 aromatic rings. The van der Waals surface area contributed by atoms with Gasteiger partial charge in [0.2, 0.25) is 5.91 Å². The number of amides is 2. The number of primary amides is 1. The summed E-state index contributed by atoms with van der Waals surface area (Å²) in [5.74, 6) is 4.53. The summed E-state index contributed by atoms with van der Waals surface area (Å²) in [4.78, 5) is 21.8. The van der Waals surface area contributed by atoms with E-state index in [1.165, 1.54) is 0 Å². The van der Waals surface area contributed by atoms with Crippen LogP contribution in [0.15, 0.2) is 24.3 Å². The Balaban J connectivity index is 2.51. The summed E-state index contributed by atoms with van der Waals surface area (Å²) in [6, 6.07) is 6.28. The first-order valence-electron chi connectivity index (χ1n) is 5.72. The van der Waals surface area contributed by atoms with Crippen molar-refractivity contribution in [2.75, 3.05) is 0 Å². The predicted octanol–water partition coefficient (Wildman–Crippen LogP) is 1.37. The van der Waals surface area contributed by atoms with E-state index in [2.05, 4.69) is 0 Å². The van der Waals surface area contributed by atoms with Crippen molar-refractivity contribution in [1.82, 2.24) is 5.01 Å². The summed E-state index contributed by atoms with van der Waals surface area (Å²) in [6.45, 7) is 0. The molecule has 0 bridgehead atoms. The second-order valence-electron chi connectivity index (χ2n) is 4.13. The van der Waals surface area contributed by atoms with Crippen molar-refractivity contribution in [3.05, 3.63) is 34.9 Å². The van der Waals surface area contributed by atoms with Gasteiger partial charge in [-0.1, -0.05) is 23.7 Å². The molecule has 0 saturated carbocycles. The minimum Gasteiger partial charge on any atom is -0.464 e. The smallest absolute Gasteiger partial charge is 0.422 e. The zero-order chi connectivity index (χ0) is 14.4. The van der Waals surface area contributed by atoms with E-state index in [0.29, 0.717) is 22.9 Å². The highest BCUT2D eigenvalue weighted by molar-refractivity contribution is 6.30. The SMILES string of the molecule is NC(=O)C(CCCc1ccc(Cl)cc1)N(N)C(=O)O. The second-order valence-corrected chi connectivity index (χ2v) is 4.56. The van der Waals surface area contributed by atoms with Gasteiger partial charge in [0.05, 0.1) is 0 Å². The lowest BCUT2D eigenvalue weighted by Gasteiger charge is -2.21. The molecule has 2 amide bonds. The lowest BCUT2D eigenvalue weighted by atomic mass is 10.0. The molecule has 0 aromatic heterocycles. The number of carbonyl (C=O) groups is 2. The van der Waals surface area contributed by atoms with E-state index in [0.717, 1.165) is 5.56 Å². The number of aryl methyl sites for hydroxylation is 1. The third kappa shape index (κ3) is 4.76. The molecule has 1 atom stereocenters. The molecule has 0 radical (unpaired) electrons. The number of nitrogens with two attached hydrogens (primary N) is 2. The van der Waals surface area contributed by atoms with Crippen molar-refractivity contribution in [1.29, 1.82) is 0 Å². The summed E-state index contributed by atoms with van der Waals surface area (Å²) in [5, 5.41) is 9.83. The first kappa shape index (κ1) is 15.3. The molecule has 19 heavy (non-hydrogen) atoms. The second kappa shape index (κ2) is 6.96. The third-order valence-electron chi connectivity index (χ3n) is 2.74. The number of benzene rings is 1. The number of carbonyl (C=O) groups excluding carboxylic acids is 1. The van der Waals surface area contributed by atoms with Gasteiger partial charge in [0.15, 0.2) is 0 Å². The van der Waals surface area contributed by atoms with Crippen LogP contribution in [0.3, 0.4) is 0 Å². The van der Waals surface area contributed by atoms with Gasteiger partial charge in [-0.2, -0.15) is 0 Å². The Morgan fingerprint density at radius 3 is 2.37 bits per heavy atom. The summed E-state index contributed by atoms with van der Waals surface area (Å²) < 4.78 is 0. The van der Waals surface area contributed by atoms with Gasteiger partial charge in [-0.25, -0.2) is 15.6 Å². The van der Waals surface area contributed by atoms with E-state index in [-0.39, 0.29) is 6.42 Å². The van der Waals surface area contributed by atoms with Crippen molar-refractivity contribution in [2.24, 2.45) is 11.6 Å². The highest BCUT2D eigenvalue weighted by Crippen LogP contribution is 2.13. The molecule has 0 fully saturated rings. The summed E-state index contributed by atoms with van der Waals surface area (Å²) >= 11 is 5.76.